The molecule has 0 spiro atoms. The van der Waals surface area contributed by atoms with Gasteiger partial charge in [0, 0.05) is 18.2 Å². The number of aliphatic carboxylic acids is 1. The highest BCUT2D eigenvalue weighted by molar-refractivity contribution is 5.94. The zero-order valence-corrected chi connectivity index (χ0v) is 11.8. The first-order valence-electron chi connectivity index (χ1n) is 6.69. The Bertz CT molecular complexity index is 473. The summed E-state index contributed by atoms with van der Waals surface area (Å²) >= 11 is 0. The molecule has 0 aliphatic carbocycles. The molecule has 20 heavy (non-hydrogen) atoms. The summed E-state index contributed by atoms with van der Waals surface area (Å²) in [6.07, 6.45) is 1.41. The molecule has 1 rings (SSSR count). The van der Waals surface area contributed by atoms with Crippen molar-refractivity contribution in [1.29, 1.82) is 0 Å². The van der Waals surface area contributed by atoms with Crippen LogP contribution in [0.2, 0.25) is 0 Å². The van der Waals surface area contributed by atoms with E-state index in [0.29, 0.717) is 12.1 Å². The van der Waals surface area contributed by atoms with E-state index in [1.54, 1.807) is 13.0 Å². The quantitative estimate of drug-likeness (QED) is 0.711. The lowest BCUT2D eigenvalue weighted by molar-refractivity contribution is -0.145. The molecule has 0 fully saturated rings. The first-order valence-corrected chi connectivity index (χ1v) is 6.69. The lowest BCUT2D eigenvalue weighted by atomic mass is 9.95. The molecule has 2 unspecified atom stereocenters. The summed E-state index contributed by atoms with van der Waals surface area (Å²) in [6.45, 7) is 3.25. The maximum atomic E-state index is 12.0. The Morgan fingerprint density at radius 1 is 1.25 bits per heavy atom. The summed E-state index contributed by atoms with van der Waals surface area (Å²) in [4.78, 5) is 22.8. The molecular weight excluding hydrogens is 258 g/mol. The molecule has 2 atom stereocenters. The zero-order chi connectivity index (χ0) is 15.1. The highest BCUT2D eigenvalue weighted by atomic mass is 16.4. The topological polar surface area (TPSA) is 86.6 Å². The molecule has 1 amide bonds. The number of anilines is 1. The molecule has 5 heteroatoms. The van der Waals surface area contributed by atoms with Crippen LogP contribution in [-0.4, -0.2) is 28.7 Å². The van der Waals surface area contributed by atoms with Gasteiger partial charge in [0.1, 0.15) is 0 Å². The number of carboxylic acids is 1. The van der Waals surface area contributed by atoms with Gasteiger partial charge >= 0.3 is 5.97 Å². The number of carbonyl (C=O) groups excluding carboxylic acids is 1. The average Bonchev–Trinajstić information content (AvgIpc) is 2.43. The largest absolute Gasteiger partial charge is 0.481 e. The van der Waals surface area contributed by atoms with E-state index >= 15 is 0 Å². The summed E-state index contributed by atoms with van der Waals surface area (Å²) < 4.78 is 0. The Labute approximate surface area is 118 Å². The van der Waals surface area contributed by atoms with Crippen LogP contribution in [-0.2, 0) is 16.0 Å². The van der Waals surface area contributed by atoms with Crippen LogP contribution < -0.4 is 5.32 Å². The number of hydrogen-bond acceptors (Lipinski definition) is 3. The highest BCUT2D eigenvalue weighted by Gasteiger charge is 2.25. The summed E-state index contributed by atoms with van der Waals surface area (Å²) in [6, 6.07) is 7.35. The molecule has 0 bridgehead atoms. The molecule has 1 aromatic rings. The van der Waals surface area contributed by atoms with Crippen molar-refractivity contribution in [2.75, 3.05) is 11.9 Å². The van der Waals surface area contributed by atoms with Gasteiger partial charge in [-0.25, -0.2) is 0 Å². The number of carbonyl (C=O) groups is 2. The van der Waals surface area contributed by atoms with Crippen molar-refractivity contribution in [2.24, 2.45) is 11.8 Å². The molecule has 0 heterocycles. The third kappa shape index (κ3) is 4.66. The van der Waals surface area contributed by atoms with Crippen LogP contribution in [0.15, 0.2) is 24.3 Å². The third-order valence-corrected chi connectivity index (χ3v) is 3.37. The second-order valence-electron chi connectivity index (χ2n) is 4.93. The average molecular weight is 279 g/mol. The maximum Gasteiger partial charge on any atom is 0.307 e. The van der Waals surface area contributed by atoms with Crippen molar-refractivity contribution in [1.82, 2.24) is 0 Å². The van der Waals surface area contributed by atoms with Gasteiger partial charge in [-0.15, -0.1) is 0 Å². The zero-order valence-electron chi connectivity index (χ0n) is 11.8. The van der Waals surface area contributed by atoms with Crippen molar-refractivity contribution >= 4 is 17.6 Å². The number of nitrogens with one attached hydrogen (secondary N) is 1. The standard InChI is InChI=1S/C15H21NO4/c1-10(11(2)15(19)20)14(18)16-13-7-3-5-12(9-13)6-4-8-17/h3,5,7,9-11,17H,4,6,8H2,1-2H3,(H,16,18)(H,19,20). The van der Waals surface area contributed by atoms with E-state index in [1.165, 1.54) is 6.92 Å². The fraction of sp³-hybridized carbons (Fsp3) is 0.467. The predicted molar refractivity (Wildman–Crippen MR) is 76.4 cm³/mol. The normalized spacial score (nSPS) is 13.6. The van der Waals surface area contributed by atoms with Crippen molar-refractivity contribution in [3.05, 3.63) is 29.8 Å². The number of aliphatic hydroxyl groups excluding tert-OH is 1. The van der Waals surface area contributed by atoms with E-state index < -0.39 is 17.8 Å². The number of hydrogen-bond donors (Lipinski definition) is 3. The van der Waals surface area contributed by atoms with Gasteiger partial charge in [0.2, 0.25) is 5.91 Å². The SMILES string of the molecule is CC(C(=O)O)C(C)C(=O)Nc1cccc(CCCO)c1. The minimum absolute atomic E-state index is 0.129. The number of amides is 1. The lowest BCUT2D eigenvalue weighted by Crippen LogP contribution is -2.29. The van der Waals surface area contributed by atoms with E-state index in [9.17, 15) is 9.59 Å². The van der Waals surface area contributed by atoms with Crippen LogP contribution in [0.4, 0.5) is 5.69 Å². The fourth-order valence-electron chi connectivity index (χ4n) is 1.78. The number of benzene rings is 1. The number of carboxylic acid groups (broad SMARTS) is 1. The Kier molecular flexibility index (Phi) is 6.18. The monoisotopic (exact) mass is 279 g/mol. The van der Waals surface area contributed by atoms with E-state index in [2.05, 4.69) is 5.32 Å². The molecule has 0 saturated carbocycles. The van der Waals surface area contributed by atoms with Crippen LogP contribution in [0.1, 0.15) is 25.8 Å². The fourth-order valence-corrected chi connectivity index (χ4v) is 1.78. The molecule has 1 aromatic carbocycles. The summed E-state index contributed by atoms with van der Waals surface area (Å²) in [5.74, 6) is -2.62. The second kappa shape index (κ2) is 7.65. The molecule has 0 radical (unpaired) electrons. The van der Waals surface area contributed by atoms with Gasteiger partial charge in [-0.1, -0.05) is 26.0 Å². The predicted octanol–water partition coefficient (Wildman–Crippen LogP) is 1.91. The number of aliphatic hydroxyl groups is 1. The Hall–Kier alpha value is -1.88. The van der Waals surface area contributed by atoms with Crippen LogP contribution >= 0.6 is 0 Å². The molecular formula is C15H21NO4. The molecule has 110 valence electrons. The highest BCUT2D eigenvalue weighted by Crippen LogP contribution is 2.17. The second-order valence-corrected chi connectivity index (χ2v) is 4.93. The van der Waals surface area contributed by atoms with Gasteiger partial charge in [0.15, 0.2) is 0 Å². The van der Waals surface area contributed by atoms with Crippen molar-refractivity contribution in [2.45, 2.75) is 26.7 Å². The minimum Gasteiger partial charge on any atom is -0.481 e. The van der Waals surface area contributed by atoms with Gasteiger partial charge in [0.25, 0.3) is 0 Å². The van der Waals surface area contributed by atoms with E-state index in [1.807, 2.05) is 18.2 Å². The van der Waals surface area contributed by atoms with Gasteiger partial charge in [-0.3, -0.25) is 9.59 Å². The summed E-state index contributed by atoms with van der Waals surface area (Å²) in [5, 5.41) is 20.4. The Morgan fingerprint density at radius 2 is 1.95 bits per heavy atom. The van der Waals surface area contributed by atoms with Gasteiger partial charge in [-0.2, -0.15) is 0 Å². The molecule has 0 saturated heterocycles. The maximum absolute atomic E-state index is 12.0. The van der Waals surface area contributed by atoms with Crippen LogP contribution in [0, 0.1) is 11.8 Å². The number of rotatable bonds is 7. The Balaban J connectivity index is 2.68. The number of aryl methyl sites for hydroxylation is 1. The third-order valence-electron chi connectivity index (χ3n) is 3.37. The molecule has 3 N–H and O–H groups in total. The Morgan fingerprint density at radius 3 is 2.55 bits per heavy atom. The van der Waals surface area contributed by atoms with Crippen LogP contribution in [0.5, 0.6) is 0 Å². The minimum atomic E-state index is -0.982. The summed E-state index contributed by atoms with van der Waals surface area (Å²) in [7, 11) is 0. The van der Waals surface area contributed by atoms with Crippen molar-refractivity contribution < 1.29 is 19.8 Å². The molecule has 0 aliphatic heterocycles. The van der Waals surface area contributed by atoms with E-state index in [4.69, 9.17) is 10.2 Å². The van der Waals surface area contributed by atoms with E-state index in [0.717, 1.165) is 12.0 Å². The van der Waals surface area contributed by atoms with Crippen molar-refractivity contribution in [3.63, 3.8) is 0 Å². The van der Waals surface area contributed by atoms with Crippen molar-refractivity contribution in [3.8, 4) is 0 Å². The molecule has 0 aromatic heterocycles. The molecule has 5 nitrogen and oxygen atoms in total. The van der Waals surface area contributed by atoms with Gasteiger partial charge in [0.05, 0.1) is 5.92 Å². The van der Waals surface area contributed by atoms with Crippen LogP contribution in [0.3, 0.4) is 0 Å². The summed E-state index contributed by atoms with van der Waals surface area (Å²) in [5.41, 5.74) is 1.67. The van der Waals surface area contributed by atoms with Gasteiger partial charge < -0.3 is 15.5 Å². The first kappa shape index (κ1) is 16.2. The van der Waals surface area contributed by atoms with Crippen LogP contribution in [0.25, 0.3) is 0 Å². The molecule has 0 aliphatic rings. The smallest absolute Gasteiger partial charge is 0.307 e. The van der Waals surface area contributed by atoms with Gasteiger partial charge in [-0.05, 0) is 30.5 Å². The first-order chi connectivity index (χ1) is 9.45. The lowest BCUT2D eigenvalue weighted by Gasteiger charge is -2.16. The van der Waals surface area contributed by atoms with E-state index in [-0.39, 0.29) is 12.5 Å².